The second-order valence-corrected chi connectivity index (χ2v) is 8.97. The monoisotopic (exact) mass is 489 g/mol. The van der Waals surface area contributed by atoms with E-state index in [0.29, 0.717) is 24.1 Å². The lowest BCUT2D eigenvalue weighted by Gasteiger charge is -2.24. The Kier molecular flexibility index (Phi) is 11.2. The molecule has 8 nitrogen and oxygen atoms in total. The number of nitrogens with zero attached hydrogens (tertiary/aromatic N) is 4. The molecule has 2 heterocycles. The molecule has 0 spiro atoms. The van der Waals surface area contributed by atoms with Crippen molar-refractivity contribution in [1.82, 2.24) is 19.9 Å². The zero-order valence-corrected chi connectivity index (χ0v) is 21.6. The first-order chi connectivity index (χ1) is 15.0. The number of hydrogen-bond donors (Lipinski definition) is 1. The molecule has 180 valence electrons. The van der Waals surface area contributed by atoms with Crippen LogP contribution in [0.5, 0.6) is 5.88 Å². The molecule has 0 saturated heterocycles. The number of methoxy groups -OCH3 is 1. The van der Waals surface area contributed by atoms with Gasteiger partial charge in [0.2, 0.25) is 5.88 Å². The first-order valence-electron chi connectivity index (χ1n) is 10.3. The van der Waals surface area contributed by atoms with E-state index in [1.165, 1.54) is 36.6 Å². The predicted octanol–water partition coefficient (Wildman–Crippen LogP) is 5.63. The number of carbonyl (C=O) groups excluding carboxylic acids is 1. The van der Waals surface area contributed by atoms with Gasteiger partial charge in [-0.05, 0) is 27.0 Å². The van der Waals surface area contributed by atoms with Crippen LogP contribution in [0.15, 0.2) is 5.16 Å². The van der Waals surface area contributed by atoms with Crippen LogP contribution in [0.25, 0.3) is 10.9 Å². The number of amides is 1. The van der Waals surface area contributed by atoms with Crippen LogP contribution < -0.4 is 10.1 Å². The van der Waals surface area contributed by atoms with Gasteiger partial charge in [0.05, 0.1) is 7.11 Å². The van der Waals surface area contributed by atoms with Gasteiger partial charge < -0.3 is 19.7 Å². The van der Waals surface area contributed by atoms with Gasteiger partial charge in [-0.3, -0.25) is 0 Å². The van der Waals surface area contributed by atoms with Crippen LogP contribution in [-0.4, -0.2) is 65.0 Å². The molecule has 2 aromatic rings. The lowest BCUT2D eigenvalue weighted by Crippen LogP contribution is -2.36. The lowest BCUT2D eigenvalue weighted by atomic mass is 10.2. The van der Waals surface area contributed by atoms with Gasteiger partial charge in [-0.25, -0.2) is 19.2 Å². The maximum absolute atomic E-state index is 14.5. The van der Waals surface area contributed by atoms with Gasteiger partial charge in [-0.15, -0.1) is 0 Å². The fraction of sp³-hybridized carbons (Fsp3) is 0.619. The van der Waals surface area contributed by atoms with Crippen LogP contribution >= 0.6 is 23.4 Å². The quantitative estimate of drug-likeness (QED) is 0.304. The van der Waals surface area contributed by atoms with Gasteiger partial charge in [0.15, 0.2) is 16.1 Å². The zero-order chi connectivity index (χ0) is 24.5. The third-order valence-electron chi connectivity index (χ3n) is 4.01. The summed E-state index contributed by atoms with van der Waals surface area (Å²) < 4.78 is 25.0. The Labute approximate surface area is 198 Å². The van der Waals surface area contributed by atoms with Gasteiger partial charge in [0, 0.05) is 20.1 Å². The van der Waals surface area contributed by atoms with Crippen molar-refractivity contribution >= 4 is 46.2 Å². The van der Waals surface area contributed by atoms with Crippen LogP contribution in [0.4, 0.5) is 15.0 Å². The molecule has 32 heavy (non-hydrogen) atoms. The number of aromatic nitrogens is 3. The van der Waals surface area contributed by atoms with Gasteiger partial charge in [0.25, 0.3) is 0 Å². The fourth-order valence-electron chi connectivity index (χ4n) is 2.23. The Morgan fingerprint density at radius 1 is 1.22 bits per heavy atom. The van der Waals surface area contributed by atoms with Crippen LogP contribution in [0, 0.1) is 5.82 Å². The number of hydrogen-bond acceptors (Lipinski definition) is 8. The first kappa shape index (κ1) is 28.0. The smallest absolute Gasteiger partial charge is 0.410 e. The Balaban J connectivity index is 0.00000118. The molecule has 0 aliphatic carbocycles. The molecule has 0 bridgehead atoms. The minimum absolute atomic E-state index is 0.0131. The normalized spacial score (nSPS) is 10.9. The van der Waals surface area contributed by atoms with E-state index in [9.17, 15) is 9.18 Å². The van der Waals surface area contributed by atoms with Crippen molar-refractivity contribution in [2.75, 3.05) is 38.8 Å². The topological polar surface area (TPSA) is 89.5 Å². The van der Waals surface area contributed by atoms with Gasteiger partial charge in [-0.1, -0.05) is 50.1 Å². The minimum Gasteiger partial charge on any atom is -0.480 e. The number of nitrogens with one attached hydrogen (secondary N) is 1. The Morgan fingerprint density at radius 2 is 1.84 bits per heavy atom. The van der Waals surface area contributed by atoms with Gasteiger partial charge >= 0.3 is 6.09 Å². The number of anilines is 1. The number of halogens is 2. The molecule has 0 aromatic carbocycles. The SMILES string of the molecule is CCCC.COc1nc(Cl)c(F)c2nc(SC)nc(NCCN(C)C(=O)OC(C)(C)C)c12. The fourth-order valence-corrected chi connectivity index (χ4v) is 2.76. The molecule has 1 N–H and O–H groups in total. The molecule has 0 aliphatic rings. The number of ether oxygens (including phenoxy) is 2. The van der Waals surface area contributed by atoms with E-state index in [0.717, 1.165) is 0 Å². The molecule has 0 saturated carbocycles. The molecule has 0 unspecified atom stereocenters. The van der Waals surface area contributed by atoms with E-state index in [1.807, 2.05) is 0 Å². The molecule has 0 radical (unpaired) electrons. The summed E-state index contributed by atoms with van der Waals surface area (Å²) in [5.74, 6) is -0.298. The summed E-state index contributed by atoms with van der Waals surface area (Å²) in [5, 5.41) is 3.40. The van der Waals surface area contributed by atoms with E-state index in [4.69, 9.17) is 21.1 Å². The highest BCUT2D eigenvalue weighted by molar-refractivity contribution is 7.98. The van der Waals surface area contributed by atoms with Crippen LogP contribution in [-0.2, 0) is 4.74 Å². The van der Waals surface area contributed by atoms with E-state index >= 15 is 0 Å². The Morgan fingerprint density at radius 3 is 2.34 bits per heavy atom. The summed E-state index contributed by atoms with van der Waals surface area (Å²) in [6.45, 7) is 10.4. The van der Waals surface area contributed by atoms with E-state index in [2.05, 4.69) is 34.1 Å². The standard InChI is InChI=1S/C17H23ClFN5O3S.C4H10/c1-17(2,3)27-16(25)24(4)8-7-20-13-9-11(21-15(23-13)28-6)10(19)12(18)22-14(9)26-5;1-3-4-2/h7-8H2,1-6H3,(H,20,21,23);3-4H2,1-2H3. The van der Waals surface area contributed by atoms with Crippen molar-refractivity contribution < 1.29 is 18.7 Å². The van der Waals surface area contributed by atoms with E-state index in [1.54, 1.807) is 34.1 Å². The highest BCUT2D eigenvalue weighted by atomic mass is 35.5. The van der Waals surface area contributed by atoms with Crippen LogP contribution in [0.3, 0.4) is 0 Å². The summed E-state index contributed by atoms with van der Waals surface area (Å²) >= 11 is 7.10. The second-order valence-electron chi connectivity index (χ2n) is 7.84. The number of fused-ring (bicyclic) bond motifs is 1. The predicted molar refractivity (Wildman–Crippen MR) is 129 cm³/mol. The highest BCUT2D eigenvalue weighted by Crippen LogP contribution is 2.34. The summed E-state index contributed by atoms with van der Waals surface area (Å²) in [4.78, 5) is 25.9. The molecular weight excluding hydrogens is 457 g/mol. The summed E-state index contributed by atoms with van der Waals surface area (Å²) in [6, 6.07) is 0. The highest BCUT2D eigenvalue weighted by Gasteiger charge is 2.22. The number of rotatable bonds is 7. The van der Waals surface area contributed by atoms with Crippen molar-refractivity contribution in [1.29, 1.82) is 0 Å². The molecule has 11 heteroatoms. The zero-order valence-electron chi connectivity index (χ0n) is 20.0. The maximum Gasteiger partial charge on any atom is 0.410 e. The van der Waals surface area contributed by atoms with Crippen molar-refractivity contribution in [2.45, 2.75) is 58.2 Å². The minimum atomic E-state index is -0.746. The lowest BCUT2D eigenvalue weighted by molar-refractivity contribution is 0.0305. The average Bonchev–Trinajstić information content (AvgIpc) is 2.74. The third-order valence-corrected chi connectivity index (χ3v) is 4.81. The van der Waals surface area contributed by atoms with E-state index in [-0.39, 0.29) is 21.9 Å². The molecule has 0 aliphatic heterocycles. The molecule has 2 aromatic heterocycles. The van der Waals surface area contributed by atoms with Crippen LogP contribution in [0.1, 0.15) is 47.5 Å². The maximum atomic E-state index is 14.5. The third kappa shape index (κ3) is 8.12. The van der Waals surface area contributed by atoms with E-state index < -0.39 is 17.5 Å². The average molecular weight is 490 g/mol. The molecular formula is C21H33ClFN5O3S. The van der Waals surface area contributed by atoms with Crippen molar-refractivity contribution in [2.24, 2.45) is 0 Å². The van der Waals surface area contributed by atoms with Crippen molar-refractivity contribution in [3.8, 4) is 5.88 Å². The summed E-state index contributed by atoms with van der Waals surface area (Å²) in [6.07, 6.45) is 3.97. The first-order valence-corrected chi connectivity index (χ1v) is 11.9. The largest absolute Gasteiger partial charge is 0.480 e. The van der Waals surface area contributed by atoms with Crippen LogP contribution in [0.2, 0.25) is 5.15 Å². The summed E-state index contributed by atoms with van der Waals surface area (Å²) in [7, 11) is 3.03. The number of thioether (sulfide) groups is 1. The number of pyridine rings is 1. The van der Waals surface area contributed by atoms with Crippen molar-refractivity contribution in [3.05, 3.63) is 11.0 Å². The van der Waals surface area contributed by atoms with Gasteiger partial charge in [0.1, 0.15) is 22.3 Å². The molecule has 1 amide bonds. The Hall–Kier alpha value is -2.07. The number of unbranched alkanes of at least 4 members (excludes halogenated alkanes) is 1. The Bertz CT molecular complexity index is 909. The molecule has 2 rings (SSSR count). The number of carbonyl (C=O) groups is 1. The van der Waals surface area contributed by atoms with Crippen molar-refractivity contribution in [3.63, 3.8) is 0 Å². The summed E-state index contributed by atoms with van der Waals surface area (Å²) in [5.41, 5.74) is -0.566. The second kappa shape index (κ2) is 12.8. The number of likely N-dealkylation sites (N-methyl/N-ethyl adjacent to an activating group) is 1. The van der Waals surface area contributed by atoms with Gasteiger partial charge in [-0.2, -0.15) is 4.98 Å². The molecule has 0 atom stereocenters. The molecule has 0 fully saturated rings.